The van der Waals surface area contributed by atoms with Gasteiger partial charge in [0.05, 0.1) is 11.2 Å². The van der Waals surface area contributed by atoms with Crippen molar-refractivity contribution in [3.05, 3.63) is 72.2 Å². The van der Waals surface area contributed by atoms with Gasteiger partial charge in [0, 0.05) is 17.1 Å². The van der Waals surface area contributed by atoms with Gasteiger partial charge in [-0.25, -0.2) is 9.97 Å². The molecule has 2 aromatic rings. The van der Waals surface area contributed by atoms with E-state index in [1.807, 2.05) is 38.1 Å². The molecule has 0 aliphatic heterocycles. The summed E-state index contributed by atoms with van der Waals surface area (Å²) >= 11 is 6.19. The van der Waals surface area contributed by atoms with Crippen molar-refractivity contribution in [1.29, 1.82) is 0 Å². The molecule has 2 rings (SSSR count). The van der Waals surface area contributed by atoms with Crippen LogP contribution in [0.15, 0.2) is 55.8 Å². The fraction of sp³-hybridized carbons (Fsp3) is 0.111. The van der Waals surface area contributed by atoms with Gasteiger partial charge in [-0.2, -0.15) is 0 Å². The molecule has 2 heterocycles. The van der Waals surface area contributed by atoms with Crippen molar-refractivity contribution in [1.82, 2.24) is 9.97 Å². The molecule has 0 saturated carbocycles. The number of aromatic nitrogens is 2. The Bertz CT molecular complexity index is 770. The fourth-order valence-corrected chi connectivity index (χ4v) is 2.32. The predicted octanol–water partition coefficient (Wildman–Crippen LogP) is 5.46. The summed E-state index contributed by atoms with van der Waals surface area (Å²) in [7, 11) is 0. The molecule has 0 spiro atoms. The summed E-state index contributed by atoms with van der Waals surface area (Å²) in [5.41, 5.74) is 4.77. The number of rotatable bonds is 4. The molecular formula is C18H17ClN2. The van der Waals surface area contributed by atoms with Gasteiger partial charge in [0.1, 0.15) is 5.15 Å². The zero-order valence-corrected chi connectivity index (χ0v) is 13.0. The zero-order valence-electron chi connectivity index (χ0n) is 12.2. The van der Waals surface area contributed by atoms with Crippen LogP contribution >= 0.6 is 11.6 Å². The first-order chi connectivity index (χ1) is 10.1. The second-order valence-electron chi connectivity index (χ2n) is 4.59. The second-order valence-corrected chi connectivity index (χ2v) is 4.94. The van der Waals surface area contributed by atoms with Gasteiger partial charge >= 0.3 is 0 Å². The highest BCUT2D eigenvalue weighted by atomic mass is 35.5. The molecule has 0 atom stereocenters. The van der Waals surface area contributed by atoms with Crippen LogP contribution in [0.3, 0.4) is 0 Å². The maximum atomic E-state index is 6.19. The van der Waals surface area contributed by atoms with E-state index in [1.54, 1.807) is 18.3 Å². The largest absolute Gasteiger partial charge is 0.247 e. The maximum Gasteiger partial charge on any atom is 0.138 e. The molecule has 0 fully saturated rings. The first-order valence-corrected chi connectivity index (χ1v) is 7.04. The van der Waals surface area contributed by atoms with E-state index in [2.05, 4.69) is 18.1 Å². The van der Waals surface area contributed by atoms with Crippen molar-refractivity contribution >= 4 is 33.7 Å². The highest BCUT2D eigenvalue weighted by Crippen LogP contribution is 2.30. The topological polar surface area (TPSA) is 25.8 Å². The van der Waals surface area contributed by atoms with Gasteiger partial charge in [-0.05, 0) is 37.1 Å². The second kappa shape index (κ2) is 6.51. The highest BCUT2D eigenvalue weighted by Gasteiger charge is 2.12. The first kappa shape index (κ1) is 15.2. The van der Waals surface area contributed by atoms with Gasteiger partial charge in [0.15, 0.2) is 0 Å². The van der Waals surface area contributed by atoms with Crippen LogP contribution in [0.25, 0.3) is 22.0 Å². The summed E-state index contributed by atoms with van der Waals surface area (Å²) in [6, 6.07) is 3.87. The van der Waals surface area contributed by atoms with Gasteiger partial charge in [0.2, 0.25) is 0 Å². The lowest BCUT2D eigenvalue weighted by Gasteiger charge is -2.12. The summed E-state index contributed by atoms with van der Waals surface area (Å²) in [5, 5.41) is 1.28. The molecule has 106 valence electrons. The van der Waals surface area contributed by atoms with E-state index in [4.69, 9.17) is 16.6 Å². The van der Waals surface area contributed by atoms with Crippen LogP contribution in [0.1, 0.15) is 25.1 Å². The molecule has 3 heteroatoms. The lowest BCUT2D eigenvalue weighted by Crippen LogP contribution is -1.97. The molecule has 0 aliphatic rings. The predicted molar refractivity (Wildman–Crippen MR) is 92.2 cm³/mol. The number of halogens is 1. The minimum atomic E-state index is 0.452. The van der Waals surface area contributed by atoms with Crippen molar-refractivity contribution < 1.29 is 0 Å². The van der Waals surface area contributed by atoms with Crippen molar-refractivity contribution in [3.8, 4) is 0 Å². The van der Waals surface area contributed by atoms with E-state index in [-0.39, 0.29) is 0 Å². The Balaban J connectivity index is 2.88. The molecule has 0 bridgehead atoms. The third-order valence-corrected chi connectivity index (χ3v) is 3.63. The summed E-state index contributed by atoms with van der Waals surface area (Å²) < 4.78 is 0. The van der Waals surface area contributed by atoms with Crippen LogP contribution < -0.4 is 0 Å². The van der Waals surface area contributed by atoms with Gasteiger partial charge in [-0.3, -0.25) is 0 Å². The Kier molecular flexibility index (Phi) is 4.71. The Hall–Kier alpha value is -2.19. The number of allylic oxidation sites excluding steroid dienone is 6. The molecule has 2 aromatic heterocycles. The van der Waals surface area contributed by atoms with Crippen LogP contribution in [-0.4, -0.2) is 9.97 Å². The molecule has 0 aliphatic carbocycles. The summed E-state index contributed by atoms with van der Waals surface area (Å²) in [4.78, 5) is 8.86. The SMILES string of the molecule is C=C/C=C(\C=C)c1cc2c(Cl)nccc2nc1/C(C)=C/C. The Labute approximate surface area is 130 Å². The number of hydrogen-bond donors (Lipinski definition) is 0. The monoisotopic (exact) mass is 296 g/mol. The van der Waals surface area contributed by atoms with Gasteiger partial charge in [0.25, 0.3) is 0 Å². The number of pyridine rings is 2. The van der Waals surface area contributed by atoms with Gasteiger partial charge < -0.3 is 0 Å². The Morgan fingerprint density at radius 3 is 2.71 bits per heavy atom. The number of hydrogen-bond acceptors (Lipinski definition) is 2. The molecule has 2 nitrogen and oxygen atoms in total. The molecule has 0 N–H and O–H groups in total. The van der Waals surface area contributed by atoms with E-state index in [0.29, 0.717) is 5.15 Å². The summed E-state index contributed by atoms with van der Waals surface area (Å²) in [5.74, 6) is 0. The molecule has 0 unspecified atom stereocenters. The quantitative estimate of drug-likeness (QED) is 0.553. The van der Waals surface area contributed by atoms with Crippen LogP contribution in [0.4, 0.5) is 0 Å². The third-order valence-electron chi connectivity index (χ3n) is 3.33. The van der Waals surface area contributed by atoms with E-state index in [0.717, 1.165) is 33.3 Å². The van der Waals surface area contributed by atoms with E-state index < -0.39 is 0 Å². The van der Waals surface area contributed by atoms with Crippen molar-refractivity contribution in [2.75, 3.05) is 0 Å². The fourth-order valence-electron chi connectivity index (χ4n) is 2.11. The Morgan fingerprint density at radius 2 is 2.10 bits per heavy atom. The van der Waals surface area contributed by atoms with Crippen LogP contribution in [-0.2, 0) is 0 Å². The van der Waals surface area contributed by atoms with E-state index in [1.165, 1.54) is 0 Å². The smallest absolute Gasteiger partial charge is 0.138 e. The van der Waals surface area contributed by atoms with Crippen LogP contribution in [0, 0.1) is 0 Å². The third kappa shape index (κ3) is 2.96. The molecule has 0 aromatic carbocycles. The average Bonchev–Trinajstić information content (AvgIpc) is 2.51. The molecular weight excluding hydrogens is 280 g/mol. The maximum absolute atomic E-state index is 6.19. The van der Waals surface area contributed by atoms with E-state index >= 15 is 0 Å². The Morgan fingerprint density at radius 1 is 1.33 bits per heavy atom. The van der Waals surface area contributed by atoms with Crippen molar-refractivity contribution in [2.45, 2.75) is 13.8 Å². The van der Waals surface area contributed by atoms with Crippen molar-refractivity contribution in [2.24, 2.45) is 0 Å². The molecule has 0 amide bonds. The number of nitrogens with zero attached hydrogens (tertiary/aromatic N) is 2. The minimum Gasteiger partial charge on any atom is -0.247 e. The molecule has 0 radical (unpaired) electrons. The van der Waals surface area contributed by atoms with E-state index in [9.17, 15) is 0 Å². The normalized spacial score (nSPS) is 12.5. The van der Waals surface area contributed by atoms with Gasteiger partial charge in [-0.1, -0.05) is 49.1 Å². The lowest BCUT2D eigenvalue weighted by molar-refractivity contribution is 1.28. The minimum absolute atomic E-state index is 0.452. The van der Waals surface area contributed by atoms with Crippen LogP contribution in [0.2, 0.25) is 5.15 Å². The van der Waals surface area contributed by atoms with Gasteiger partial charge in [-0.15, -0.1) is 0 Å². The highest BCUT2D eigenvalue weighted by molar-refractivity contribution is 6.34. The summed E-state index contributed by atoms with van der Waals surface area (Å²) in [6.45, 7) is 11.7. The van der Waals surface area contributed by atoms with Crippen LogP contribution in [0.5, 0.6) is 0 Å². The summed E-state index contributed by atoms with van der Waals surface area (Å²) in [6.07, 6.45) is 9.14. The standard InChI is InChI=1S/C18H17ClN2/c1-5-8-13(7-3)14-11-15-16(9-10-20-18(15)19)21-17(14)12(4)6-2/h5-11H,1,3H2,2,4H3/b12-6+,13-8+. The molecule has 21 heavy (non-hydrogen) atoms. The first-order valence-electron chi connectivity index (χ1n) is 6.66. The molecule has 0 saturated heterocycles. The lowest BCUT2D eigenvalue weighted by atomic mass is 9.98. The zero-order chi connectivity index (χ0) is 15.4. The van der Waals surface area contributed by atoms with Crippen molar-refractivity contribution in [3.63, 3.8) is 0 Å². The number of fused-ring (bicyclic) bond motifs is 1. The average molecular weight is 297 g/mol.